The Balaban J connectivity index is 1.96. The van der Waals surface area contributed by atoms with E-state index in [0.29, 0.717) is 5.39 Å². The maximum atomic E-state index is 12.1. The van der Waals surface area contributed by atoms with Gasteiger partial charge in [0.1, 0.15) is 5.75 Å². The fourth-order valence-electron chi connectivity index (χ4n) is 2.22. The second kappa shape index (κ2) is 4.24. The number of fused-ring (bicyclic) bond motifs is 1. The van der Waals surface area contributed by atoms with Crippen LogP contribution in [0.5, 0.6) is 5.75 Å². The van der Waals surface area contributed by atoms with E-state index in [1.54, 1.807) is 12.1 Å². The van der Waals surface area contributed by atoms with Crippen LogP contribution in [0.4, 0.5) is 0 Å². The number of aromatic hydroxyl groups is 1. The molecule has 2 aromatic carbocycles. The van der Waals surface area contributed by atoms with Crippen molar-refractivity contribution in [2.24, 2.45) is 0 Å². The molecule has 0 atom stereocenters. The molecule has 19 heavy (non-hydrogen) atoms. The smallest absolute Gasteiger partial charge is 0.255 e. The van der Waals surface area contributed by atoms with Gasteiger partial charge in [-0.05, 0) is 24.3 Å². The molecule has 4 heteroatoms. The van der Waals surface area contributed by atoms with Crippen molar-refractivity contribution in [2.45, 2.75) is 18.4 Å². The van der Waals surface area contributed by atoms with Gasteiger partial charge >= 0.3 is 0 Å². The molecule has 1 aliphatic rings. The monoisotopic (exact) mass is 257 g/mol. The van der Waals surface area contributed by atoms with Crippen molar-refractivity contribution in [1.82, 2.24) is 5.32 Å². The summed E-state index contributed by atoms with van der Waals surface area (Å²) in [5.74, 6) is -0.348. The first kappa shape index (κ1) is 12.0. The molecule has 98 valence electrons. The Morgan fingerprint density at radius 2 is 1.95 bits per heavy atom. The number of hydrogen-bond acceptors (Lipinski definition) is 3. The molecule has 1 aliphatic carbocycles. The van der Waals surface area contributed by atoms with E-state index in [0.717, 1.165) is 18.2 Å². The zero-order valence-electron chi connectivity index (χ0n) is 10.4. The van der Waals surface area contributed by atoms with Crippen molar-refractivity contribution in [2.75, 3.05) is 6.61 Å². The number of rotatable bonds is 3. The number of benzene rings is 2. The molecule has 0 radical (unpaired) electrons. The van der Waals surface area contributed by atoms with Crippen molar-refractivity contribution in [3.8, 4) is 5.75 Å². The van der Waals surface area contributed by atoms with E-state index >= 15 is 0 Å². The van der Waals surface area contributed by atoms with Gasteiger partial charge in [-0.15, -0.1) is 0 Å². The van der Waals surface area contributed by atoms with Gasteiger partial charge in [0.05, 0.1) is 17.7 Å². The molecule has 0 spiro atoms. The molecular formula is C15H15NO3. The van der Waals surface area contributed by atoms with E-state index < -0.39 is 5.54 Å². The predicted molar refractivity (Wildman–Crippen MR) is 72.1 cm³/mol. The van der Waals surface area contributed by atoms with Crippen LogP contribution >= 0.6 is 0 Å². The predicted octanol–water partition coefficient (Wildman–Crippen LogP) is 1.80. The summed E-state index contributed by atoms with van der Waals surface area (Å²) in [5.41, 5.74) is -0.228. The lowest BCUT2D eigenvalue weighted by Gasteiger charge is -2.15. The summed E-state index contributed by atoms with van der Waals surface area (Å²) in [6.07, 6.45) is 1.56. The van der Waals surface area contributed by atoms with Crippen LogP contribution < -0.4 is 5.32 Å². The number of aliphatic hydroxyl groups is 1. The molecule has 3 rings (SSSR count). The Labute approximate surface area is 110 Å². The molecule has 1 amide bonds. The number of nitrogens with one attached hydrogen (secondary N) is 1. The minimum Gasteiger partial charge on any atom is -0.506 e. The third-order valence-electron chi connectivity index (χ3n) is 3.68. The minimum atomic E-state index is -0.477. The van der Waals surface area contributed by atoms with Crippen LogP contribution in [-0.4, -0.2) is 28.3 Å². The highest BCUT2D eigenvalue weighted by Gasteiger charge is 2.43. The lowest BCUT2D eigenvalue weighted by atomic mass is 10.0. The van der Waals surface area contributed by atoms with Crippen LogP contribution in [0.3, 0.4) is 0 Å². The molecule has 0 saturated heterocycles. The van der Waals surface area contributed by atoms with Crippen molar-refractivity contribution < 1.29 is 15.0 Å². The molecule has 2 aromatic rings. The zero-order chi connectivity index (χ0) is 13.5. The van der Waals surface area contributed by atoms with E-state index in [9.17, 15) is 15.0 Å². The quantitative estimate of drug-likeness (QED) is 0.785. The van der Waals surface area contributed by atoms with Crippen molar-refractivity contribution in [1.29, 1.82) is 0 Å². The van der Waals surface area contributed by atoms with E-state index in [-0.39, 0.29) is 23.8 Å². The fourth-order valence-corrected chi connectivity index (χ4v) is 2.22. The van der Waals surface area contributed by atoms with Crippen molar-refractivity contribution >= 4 is 16.7 Å². The van der Waals surface area contributed by atoms with E-state index in [2.05, 4.69) is 5.32 Å². The lowest BCUT2D eigenvalue weighted by molar-refractivity contribution is 0.0904. The molecule has 0 bridgehead atoms. The SMILES string of the molecule is O=C(NC1(CO)CC1)c1ccc2ccccc2c1O. The van der Waals surface area contributed by atoms with Crippen LogP contribution in [0, 0.1) is 0 Å². The zero-order valence-corrected chi connectivity index (χ0v) is 10.4. The van der Waals surface area contributed by atoms with Gasteiger partial charge in [-0.1, -0.05) is 30.3 Å². The molecular weight excluding hydrogens is 242 g/mol. The largest absolute Gasteiger partial charge is 0.506 e. The highest BCUT2D eigenvalue weighted by atomic mass is 16.3. The van der Waals surface area contributed by atoms with Crippen LogP contribution in [0.15, 0.2) is 36.4 Å². The van der Waals surface area contributed by atoms with Gasteiger partial charge < -0.3 is 15.5 Å². The third kappa shape index (κ3) is 2.04. The maximum Gasteiger partial charge on any atom is 0.255 e. The summed E-state index contributed by atoms with van der Waals surface area (Å²) in [5, 5.41) is 23.7. The minimum absolute atomic E-state index is 0.00987. The summed E-state index contributed by atoms with van der Waals surface area (Å²) in [6, 6.07) is 10.8. The molecule has 1 saturated carbocycles. The van der Waals surface area contributed by atoms with Crippen LogP contribution in [0.2, 0.25) is 0 Å². The second-order valence-electron chi connectivity index (χ2n) is 5.08. The number of hydrogen-bond donors (Lipinski definition) is 3. The van der Waals surface area contributed by atoms with E-state index in [4.69, 9.17) is 0 Å². The number of phenolic OH excluding ortho intramolecular Hbond substituents is 1. The van der Waals surface area contributed by atoms with Crippen LogP contribution in [0.25, 0.3) is 10.8 Å². The summed E-state index contributed by atoms with van der Waals surface area (Å²) >= 11 is 0. The molecule has 0 heterocycles. The van der Waals surface area contributed by atoms with Gasteiger partial charge in [0.2, 0.25) is 0 Å². The molecule has 0 unspecified atom stereocenters. The summed E-state index contributed by atoms with van der Waals surface area (Å²) in [4.78, 5) is 12.1. The normalized spacial score (nSPS) is 16.3. The second-order valence-corrected chi connectivity index (χ2v) is 5.08. The number of carbonyl (C=O) groups is 1. The van der Waals surface area contributed by atoms with Gasteiger partial charge in [0, 0.05) is 5.39 Å². The first-order valence-corrected chi connectivity index (χ1v) is 6.29. The van der Waals surface area contributed by atoms with Gasteiger partial charge in [0.25, 0.3) is 5.91 Å². The Morgan fingerprint density at radius 3 is 2.63 bits per heavy atom. The Kier molecular flexibility index (Phi) is 2.68. The summed E-state index contributed by atoms with van der Waals surface area (Å²) < 4.78 is 0. The van der Waals surface area contributed by atoms with Crippen molar-refractivity contribution in [3.05, 3.63) is 42.0 Å². The van der Waals surface area contributed by atoms with Gasteiger partial charge in [-0.3, -0.25) is 4.79 Å². The Bertz CT molecular complexity index is 647. The van der Waals surface area contributed by atoms with Crippen molar-refractivity contribution in [3.63, 3.8) is 0 Å². The first-order valence-electron chi connectivity index (χ1n) is 6.29. The lowest BCUT2D eigenvalue weighted by Crippen LogP contribution is -2.39. The molecule has 3 N–H and O–H groups in total. The number of carbonyl (C=O) groups excluding carboxylic acids is 1. The van der Waals surface area contributed by atoms with E-state index in [1.165, 1.54) is 0 Å². The molecule has 1 fully saturated rings. The molecule has 0 aromatic heterocycles. The average Bonchev–Trinajstić information content (AvgIpc) is 3.19. The topological polar surface area (TPSA) is 69.6 Å². The van der Waals surface area contributed by atoms with Gasteiger partial charge in [-0.2, -0.15) is 0 Å². The van der Waals surface area contributed by atoms with Gasteiger partial charge in [-0.25, -0.2) is 0 Å². The Morgan fingerprint density at radius 1 is 1.21 bits per heavy atom. The van der Waals surface area contributed by atoms with Crippen LogP contribution in [-0.2, 0) is 0 Å². The number of phenols is 1. The summed E-state index contributed by atoms with van der Waals surface area (Å²) in [7, 11) is 0. The standard InChI is InChI=1S/C15H15NO3/c17-9-15(7-8-15)16-14(19)12-6-5-10-3-1-2-4-11(10)13(12)18/h1-6,17-18H,7-9H2,(H,16,19). The highest BCUT2D eigenvalue weighted by Crippen LogP contribution is 2.36. The summed E-state index contributed by atoms with van der Waals surface area (Å²) in [6.45, 7) is -0.0624. The molecule has 4 nitrogen and oxygen atoms in total. The maximum absolute atomic E-state index is 12.1. The number of amides is 1. The first-order chi connectivity index (χ1) is 9.15. The Hall–Kier alpha value is -2.07. The van der Waals surface area contributed by atoms with E-state index in [1.807, 2.05) is 24.3 Å². The fraction of sp³-hybridized carbons (Fsp3) is 0.267. The van der Waals surface area contributed by atoms with Crippen LogP contribution in [0.1, 0.15) is 23.2 Å². The highest BCUT2D eigenvalue weighted by molar-refractivity contribution is 6.03. The molecule has 0 aliphatic heterocycles. The van der Waals surface area contributed by atoms with Gasteiger partial charge in [0.15, 0.2) is 0 Å². The third-order valence-corrected chi connectivity index (χ3v) is 3.68. The average molecular weight is 257 g/mol. The number of aliphatic hydroxyl groups excluding tert-OH is 1.